The van der Waals surface area contributed by atoms with Gasteiger partial charge in [-0.25, -0.2) is 0 Å². The van der Waals surface area contributed by atoms with Crippen LogP contribution >= 0.6 is 0 Å². The van der Waals surface area contributed by atoms with Crippen molar-refractivity contribution in [1.82, 2.24) is 10.2 Å². The van der Waals surface area contributed by atoms with Crippen LogP contribution in [0.2, 0.25) is 0 Å². The number of nitrogens with zero attached hydrogens (tertiary/aromatic N) is 1. The molecule has 0 aliphatic heterocycles. The van der Waals surface area contributed by atoms with Crippen LogP contribution < -0.4 is 5.32 Å². The lowest BCUT2D eigenvalue weighted by Crippen LogP contribution is -2.26. The predicted molar refractivity (Wildman–Crippen MR) is 69.9 cm³/mol. The van der Waals surface area contributed by atoms with E-state index in [0.29, 0.717) is 0 Å². The molecule has 0 spiro atoms. The second-order valence-corrected chi connectivity index (χ2v) is 4.95. The molecule has 17 heavy (non-hydrogen) atoms. The maximum atomic E-state index is 5.44. The molecular weight excluding hydrogens is 212 g/mol. The fourth-order valence-electron chi connectivity index (χ4n) is 2.23. The van der Waals surface area contributed by atoms with Gasteiger partial charge in [0, 0.05) is 6.04 Å². The molecule has 1 aromatic rings. The average molecular weight is 236 g/mol. The van der Waals surface area contributed by atoms with Crippen molar-refractivity contribution in [1.29, 1.82) is 0 Å². The minimum absolute atomic E-state index is 0.824. The van der Waals surface area contributed by atoms with Gasteiger partial charge < -0.3 is 9.73 Å². The molecule has 3 nitrogen and oxygen atoms in total. The van der Waals surface area contributed by atoms with Gasteiger partial charge >= 0.3 is 0 Å². The van der Waals surface area contributed by atoms with E-state index in [-0.39, 0.29) is 0 Å². The van der Waals surface area contributed by atoms with Crippen LogP contribution in [-0.4, -0.2) is 31.1 Å². The van der Waals surface area contributed by atoms with E-state index in [2.05, 4.69) is 16.3 Å². The zero-order valence-corrected chi connectivity index (χ0v) is 10.8. The summed E-state index contributed by atoms with van der Waals surface area (Å²) in [5.41, 5.74) is 0. The van der Waals surface area contributed by atoms with Crippen LogP contribution in [0.25, 0.3) is 0 Å². The summed E-state index contributed by atoms with van der Waals surface area (Å²) in [5, 5.41) is 3.20. The molecule has 0 saturated heterocycles. The van der Waals surface area contributed by atoms with E-state index in [0.717, 1.165) is 24.9 Å². The summed E-state index contributed by atoms with van der Waals surface area (Å²) >= 11 is 0. The van der Waals surface area contributed by atoms with E-state index in [9.17, 15) is 0 Å². The topological polar surface area (TPSA) is 28.4 Å². The molecule has 0 radical (unpaired) electrons. The van der Waals surface area contributed by atoms with Crippen molar-refractivity contribution < 1.29 is 4.42 Å². The summed E-state index contributed by atoms with van der Waals surface area (Å²) in [6.07, 6.45) is 8.43. The van der Waals surface area contributed by atoms with Gasteiger partial charge in [-0.1, -0.05) is 6.42 Å². The molecular formula is C14H24N2O. The second-order valence-electron chi connectivity index (χ2n) is 4.95. The first-order valence-electron chi connectivity index (χ1n) is 6.81. The Hall–Kier alpha value is -0.800. The second kappa shape index (κ2) is 6.82. The first kappa shape index (κ1) is 12.7. The molecule has 3 heteroatoms. The fraction of sp³-hybridized carbons (Fsp3) is 0.714. The van der Waals surface area contributed by atoms with Crippen molar-refractivity contribution in [3.05, 3.63) is 24.2 Å². The highest BCUT2D eigenvalue weighted by molar-refractivity contribution is 4.99. The number of rotatable bonds is 9. The Labute approximate surface area is 104 Å². The van der Waals surface area contributed by atoms with E-state index in [4.69, 9.17) is 4.42 Å². The van der Waals surface area contributed by atoms with Gasteiger partial charge in [-0.15, -0.1) is 0 Å². The molecule has 0 unspecified atom stereocenters. The third-order valence-electron chi connectivity index (χ3n) is 3.37. The van der Waals surface area contributed by atoms with Crippen LogP contribution in [0.5, 0.6) is 0 Å². The standard InChI is InChI=1S/C14H24N2O/c1-15-9-3-2-4-10-16(13-7-8-13)12-14-6-5-11-17-14/h5-6,11,13,15H,2-4,7-10,12H2,1H3. The van der Waals surface area contributed by atoms with Gasteiger partial charge in [-0.2, -0.15) is 0 Å². The number of hydrogen-bond acceptors (Lipinski definition) is 3. The molecule has 1 N–H and O–H groups in total. The van der Waals surface area contributed by atoms with Crippen molar-refractivity contribution >= 4 is 0 Å². The van der Waals surface area contributed by atoms with E-state index in [1.165, 1.54) is 38.6 Å². The van der Waals surface area contributed by atoms with E-state index in [1.54, 1.807) is 6.26 Å². The smallest absolute Gasteiger partial charge is 0.117 e. The Morgan fingerprint density at radius 1 is 1.35 bits per heavy atom. The van der Waals surface area contributed by atoms with Crippen molar-refractivity contribution in [3.8, 4) is 0 Å². The maximum absolute atomic E-state index is 5.44. The Balaban J connectivity index is 1.66. The Bertz CT molecular complexity index is 293. The molecule has 0 amide bonds. The molecule has 1 aliphatic rings. The highest BCUT2D eigenvalue weighted by atomic mass is 16.3. The first-order chi connectivity index (χ1) is 8.40. The zero-order chi connectivity index (χ0) is 11.9. The summed E-state index contributed by atoms with van der Waals surface area (Å²) < 4.78 is 5.44. The van der Waals surface area contributed by atoms with Crippen molar-refractivity contribution in [2.75, 3.05) is 20.1 Å². The van der Waals surface area contributed by atoms with Gasteiger partial charge in [0.25, 0.3) is 0 Å². The van der Waals surface area contributed by atoms with Gasteiger partial charge in [0.15, 0.2) is 0 Å². The predicted octanol–water partition coefficient (Wildman–Crippen LogP) is 2.63. The lowest BCUT2D eigenvalue weighted by molar-refractivity contribution is 0.228. The van der Waals surface area contributed by atoms with E-state index >= 15 is 0 Å². The molecule has 96 valence electrons. The first-order valence-corrected chi connectivity index (χ1v) is 6.81. The van der Waals surface area contributed by atoms with Crippen LogP contribution in [0, 0.1) is 0 Å². The fourth-order valence-corrected chi connectivity index (χ4v) is 2.23. The van der Waals surface area contributed by atoms with Crippen molar-refractivity contribution in [3.63, 3.8) is 0 Å². The Morgan fingerprint density at radius 3 is 2.88 bits per heavy atom. The van der Waals surface area contributed by atoms with Gasteiger partial charge in [-0.3, -0.25) is 4.90 Å². The van der Waals surface area contributed by atoms with E-state index < -0.39 is 0 Å². The summed E-state index contributed by atoms with van der Waals surface area (Å²) in [6.45, 7) is 3.35. The minimum Gasteiger partial charge on any atom is -0.468 e. The maximum Gasteiger partial charge on any atom is 0.117 e. The number of unbranched alkanes of at least 4 members (excludes halogenated alkanes) is 2. The monoisotopic (exact) mass is 236 g/mol. The highest BCUT2D eigenvalue weighted by Crippen LogP contribution is 2.28. The lowest BCUT2D eigenvalue weighted by atomic mass is 10.2. The molecule has 0 bridgehead atoms. The van der Waals surface area contributed by atoms with Gasteiger partial charge in [0.05, 0.1) is 12.8 Å². The molecule has 1 saturated carbocycles. The third kappa shape index (κ3) is 4.52. The third-order valence-corrected chi connectivity index (χ3v) is 3.37. The molecule has 1 fully saturated rings. The highest BCUT2D eigenvalue weighted by Gasteiger charge is 2.28. The van der Waals surface area contributed by atoms with Crippen LogP contribution in [0.15, 0.2) is 22.8 Å². The van der Waals surface area contributed by atoms with Crippen LogP contribution in [0.4, 0.5) is 0 Å². The summed E-state index contributed by atoms with van der Waals surface area (Å²) in [7, 11) is 2.02. The van der Waals surface area contributed by atoms with Crippen molar-refractivity contribution in [2.45, 2.75) is 44.7 Å². The molecule has 0 aromatic carbocycles. The average Bonchev–Trinajstić information content (AvgIpc) is 3.06. The minimum atomic E-state index is 0.824. The normalized spacial score (nSPS) is 15.6. The Morgan fingerprint density at radius 2 is 2.24 bits per heavy atom. The van der Waals surface area contributed by atoms with Gasteiger partial charge in [0.1, 0.15) is 5.76 Å². The summed E-state index contributed by atoms with van der Waals surface area (Å²) in [6, 6.07) is 4.88. The zero-order valence-electron chi connectivity index (χ0n) is 10.8. The summed E-state index contributed by atoms with van der Waals surface area (Å²) in [4.78, 5) is 2.58. The summed E-state index contributed by atoms with van der Waals surface area (Å²) in [5.74, 6) is 1.10. The molecule has 0 atom stereocenters. The SMILES string of the molecule is CNCCCCCN(Cc1ccco1)C1CC1. The van der Waals surface area contributed by atoms with Crippen LogP contribution in [0.3, 0.4) is 0 Å². The van der Waals surface area contributed by atoms with Crippen LogP contribution in [0.1, 0.15) is 37.9 Å². The largest absolute Gasteiger partial charge is 0.468 e. The van der Waals surface area contributed by atoms with Crippen molar-refractivity contribution in [2.24, 2.45) is 0 Å². The molecule has 1 heterocycles. The number of nitrogens with one attached hydrogen (secondary N) is 1. The molecule has 1 aliphatic carbocycles. The quantitative estimate of drug-likeness (QED) is 0.668. The lowest BCUT2D eigenvalue weighted by Gasteiger charge is -2.20. The molecule has 1 aromatic heterocycles. The Kier molecular flexibility index (Phi) is 5.08. The number of hydrogen-bond donors (Lipinski definition) is 1. The van der Waals surface area contributed by atoms with Gasteiger partial charge in [0.2, 0.25) is 0 Å². The number of furan rings is 1. The van der Waals surface area contributed by atoms with E-state index in [1.807, 2.05) is 13.1 Å². The molecule has 2 rings (SSSR count). The van der Waals surface area contributed by atoms with Crippen LogP contribution in [-0.2, 0) is 6.54 Å². The van der Waals surface area contributed by atoms with Gasteiger partial charge in [-0.05, 0) is 58.0 Å².